The van der Waals surface area contributed by atoms with Crippen molar-refractivity contribution >= 4 is 23.2 Å². The van der Waals surface area contributed by atoms with Crippen LogP contribution >= 0.6 is 0 Å². The number of amides is 2. The van der Waals surface area contributed by atoms with Gasteiger partial charge in [0.25, 0.3) is 5.91 Å². The lowest BCUT2D eigenvalue weighted by Gasteiger charge is -2.31. The number of para-hydroxylation sites is 2. The summed E-state index contributed by atoms with van der Waals surface area (Å²) in [5, 5.41) is 4.97. The number of benzene rings is 2. The van der Waals surface area contributed by atoms with Crippen molar-refractivity contribution in [3.05, 3.63) is 59.7 Å². The summed E-state index contributed by atoms with van der Waals surface area (Å²) < 4.78 is 0. The number of nitrogens with zero attached hydrogens (tertiary/aromatic N) is 1. The Morgan fingerprint density at radius 2 is 1.59 bits per heavy atom. The summed E-state index contributed by atoms with van der Waals surface area (Å²) in [5.74, 6) is 0.661. The summed E-state index contributed by atoms with van der Waals surface area (Å²) in [6.07, 6.45) is 0. The molecule has 3 N–H and O–H groups in total. The number of fused-ring (bicyclic) bond motifs is 1. The number of carbonyl (C=O) groups is 2. The monoisotopic (exact) mass is 394 g/mol. The second kappa shape index (κ2) is 8.78. The molecular weight excluding hydrogens is 362 g/mol. The highest BCUT2D eigenvalue weighted by Gasteiger charge is 2.33. The van der Waals surface area contributed by atoms with Crippen LogP contribution in [-0.4, -0.2) is 24.4 Å². The van der Waals surface area contributed by atoms with E-state index < -0.39 is 0 Å². The van der Waals surface area contributed by atoms with Crippen LogP contribution in [-0.2, 0) is 9.59 Å². The fourth-order valence-electron chi connectivity index (χ4n) is 3.89. The molecule has 5 nitrogen and oxygen atoms in total. The van der Waals surface area contributed by atoms with E-state index in [2.05, 4.69) is 62.6 Å². The molecule has 0 spiro atoms. The first-order valence-electron chi connectivity index (χ1n) is 10.4. The second-order valence-electron chi connectivity index (χ2n) is 8.56. The van der Waals surface area contributed by atoms with E-state index in [1.54, 1.807) is 4.90 Å². The van der Waals surface area contributed by atoms with Crippen LogP contribution in [0.4, 0.5) is 11.4 Å². The summed E-state index contributed by atoms with van der Waals surface area (Å²) in [4.78, 5) is 26.9. The van der Waals surface area contributed by atoms with E-state index in [4.69, 9.17) is 0 Å². The number of hydrogen-bond donors (Lipinski definition) is 2. The van der Waals surface area contributed by atoms with Crippen molar-refractivity contribution in [1.29, 1.82) is 0 Å². The molecule has 0 aromatic heterocycles. The molecule has 3 rings (SSSR count). The number of nitrogens with two attached hydrogens (primary N) is 1. The number of rotatable bonds is 6. The van der Waals surface area contributed by atoms with E-state index in [9.17, 15) is 9.59 Å². The van der Waals surface area contributed by atoms with Crippen LogP contribution in [0.15, 0.2) is 48.5 Å². The van der Waals surface area contributed by atoms with Crippen molar-refractivity contribution < 1.29 is 14.9 Å². The van der Waals surface area contributed by atoms with Crippen molar-refractivity contribution in [1.82, 2.24) is 0 Å². The first-order chi connectivity index (χ1) is 13.8. The van der Waals surface area contributed by atoms with Gasteiger partial charge in [0.15, 0.2) is 6.04 Å². The van der Waals surface area contributed by atoms with Crippen LogP contribution in [0.3, 0.4) is 0 Å². The predicted molar refractivity (Wildman–Crippen MR) is 117 cm³/mol. The molecule has 29 heavy (non-hydrogen) atoms. The van der Waals surface area contributed by atoms with Gasteiger partial charge in [-0.3, -0.25) is 14.5 Å². The molecule has 0 aliphatic carbocycles. The fraction of sp³-hybridized carbons (Fsp3) is 0.417. The lowest BCUT2D eigenvalue weighted by molar-refractivity contribution is -0.719. The average Bonchev–Trinajstić information content (AvgIpc) is 2.70. The topological polar surface area (TPSA) is 66.0 Å². The predicted octanol–water partition coefficient (Wildman–Crippen LogP) is 3.44. The Morgan fingerprint density at radius 3 is 2.21 bits per heavy atom. The van der Waals surface area contributed by atoms with Crippen LogP contribution in [0.25, 0.3) is 0 Å². The lowest BCUT2D eigenvalue weighted by atomic mass is 9.92. The van der Waals surface area contributed by atoms with Crippen molar-refractivity contribution in [2.45, 2.75) is 52.6 Å². The molecule has 0 fully saturated rings. The minimum absolute atomic E-state index is 0.0447. The summed E-state index contributed by atoms with van der Waals surface area (Å²) in [6, 6.07) is 16.0. The second-order valence-corrected chi connectivity index (χ2v) is 8.56. The molecule has 0 bridgehead atoms. The normalized spacial score (nSPS) is 15.8. The zero-order valence-corrected chi connectivity index (χ0v) is 18.0. The molecule has 1 aliphatic rings. The quantitative estimate of drug-likeness (QED) is 0.788. The number of anilines is 2. The molecule has 0 unspecified atom stereocenters. The van der Waals surface area contributed by atoms with E-state index in [1.807, 2.05) is 31.2 Å². The fourth-order valence-corrected chi connectivity index (χ4v) is 3.89. The van der Waals surface area contributed by atoms with Gasteiger partial charge >= 0.3 is 0 Å². The summed E-state index contributed by atoms with van der Waals surface area (Å²) in [5.41, 5.74) is 3.99. The summed E-state index contributed by atoms with van der Waals surface area (Å²) in [7, 11) is 0. The van der Waals surface area contributed by atoms with E-state index in [0.717, 1.165) is 5.69 Å². The highest BCUT2D eigenvalue weighted by molar-refractivity contribution is 6.10. The zero-order valence-electron chi connectivity index (χ0n) is 18.0. The number of nitrogens with one attached hydrogen (secondary N) is 1. The SMILES string of the molecule is CC(C)c1ccc([C@@H]([NH2+][C@H](C)C(=O)N2CC(=O)Nc3ccccc32)C(C)C)cc1. The molecule has 0 radical (unpaired) electrons. The Labute approximate surface area is 173 Å². The maximum absolute atomic E-state index is 13.3. The zero-order chi connectivity index (χ0) is 21.1. The lowest BCUT2D eigenvalue weighted by Crippen LogP contribution is -2.93. The molecule has 2 aromatic carbocycles. The third-order valence-corrected chi connectivity index (χ3v) is 5.63. The molecule has 2 atom stereocenters. The van der Waals surface area contributed by atoms with Crippen LogP contribution < -0.4 is 15.5 Å². The Bertz CT molecular complexity index is 874. The minimum atomic E-state index is -0.300. The Hall–Kier alpha value is -2.66. The van der Waals surface area contributed by atoms with E-state index in [1.165, 1.54) is 11.1 Å². The Morgan fingerprint density at radius 1 is 0.966 bits per heavy atom. The van der Waals surface area contributed by atoms with Gasteiger partial charge in [-0.05, 0) is 30.5 Å². The van der Waals surface area contributed by atoms with Gasteiger partial charge in [-0.25, -0.2) is 0 Å². The number of hydrogen-bond acceptors (Lipinski definition) is 2. The van der Waals surface area contributed by atoms with Gasteiger partial charge in [-0.15, -0.1) is 0 Å². The average molecular weight is 395 g/mol. The van der Waals surface area contributed by atoms with Crippen LogP contribution in [0, 0.1) is 5.92 Å². The first kappa shape index (κ1) is 21.1. The van der Waals surface area contributed by atoms with Crippen molar-refractivity contribution in [3.8, 4) is 0 Å². The standard InChI is InChI=1S/C24H31N3O2/c1-15(2)18-10-12-19(13-11-18)23(16(3)4)25-17(5)24(29)27-14-22(28)26-20-8-6-7-9-21(20)27/h6-13,15-17,23,25H,14H2,1-5H3,(H,26,28)/p+1/t17-,23+/m1/s1. The summed E-state index contributed by atoms with van der Waals surface area (Å²) >= 11 is 0. The van der Waals surface area contributed by atoms with E-state index in [0.29, 0.717) is 17.5 Å². The third-order valence-electron chi connectivity index (χ3n) is 5.63. The molecule has 0 saturated heterocycles. The molecule has 154 valence electrons. The van der Waals surface area contributed by atoms with Gasteiger partial charge < -0.3 is 10.6 Å². The molecular formula is C24H32N3O2+. The van der Waals surface area contributed by atoms with Gasteiger partial charge in [0.05, 0.1) is 11.4 Å². The summed E-state index contributed by atoms with van der Waals surface area (Å²) in [6.45, 7) is 10.7. The first-order valence-corrected chi connectivity index (χ1v) is 10.4. The molecule has 2 aromatic rings. The minimum Gasteiger partial charge on any atom is -0.330 e. The molecule has 5 heteroatoms. The molecule has 0 saturated carbocycles. The van der Waals surface area contributed by atoms with E-state index in [-0.39, 0.29) is 30.4 Å². The van der Waals surface area contributed by atoms with Gasteiger partial charge in [0, 0.05) is 11.5 Å². The van der Waals surface area contributed by atoms with Gasteiger partial charge in [-0.1, -0.05) is 64.1 Å². The van der Waals surface area contributed by atoms with Gasteiger partial charge in [0.1, 0.15) is 12.6 Å². The van der Waals surface area contributed by atoms with Gasteiger partial charge in [-0.2, -0.15) is 0 Å². The Kier molecular flexibility index (Phi) is 6.38. The molecule has 2 amide bonds. The highest BCUT2D eigenvalue weighted by Crippen LogP contribution is 2.29. The highest BCUT2D eigenvalue weighted by atomic mass is 16.2. The van der Waals surface area contributed by atoms with Crippen molar-refractivity contribution in [3.63, 3.8) is 0 Å². The Balaban J connectivity index is 1.79. The number of quaternary nitrogens is 1. The van der Waals surface area contributed by atoms with Gasteiger partial charge in [0.2, 0.25) is 5.91 Å². The molecule has 1 heterocycles. The maximum atomic E-state index is 13.3. The van der Waals surface area contributed by atoms with Crippen LogP contribution in [0.5, 0.6) is 0 Å². The third kappa shape index (κ3) is 4.67. The maximum Gasteiger partial charge on any atom is 0.285 e. The van der Waals surface area contributed by atoms with Crippen LogP contribution in [0.2, 0.25) is 0 Å². The van der Waals surface area contributed by atoms with Crippen molar-refractivity contribution in [2.24, 2.45) is 5.92 Å². The largest absolute Gasteiger partial charge is 0.330 e. The molecule has 1 aliphatic heterocycles. The van der Waals surface area contributed by atoms with E-state index >= 15 is 0 Å². The smallest absolute Gasteiger partial charge is 0.285 e. The number of carbonyl (C=O) groups excluding carboxylic acids is 2. The van der Waals surface area contributed by atoms with Crippen LogP contribution in [0.1, 0.15) is 57.7 Å². The van der Waals surface area contributed by atoms with Crippen molar-refractivity contribution in [2.75, 3.05) is 16.8 Å².